The molecule has 0 saturated carbocycles. The summed E-state index contributed by atoms with van der Waals surface area (Å²) in [6.45, 7) is 4.09. The van der Waals surface area contributed by atoms with Crippen LogP contribution in [-0.2, 0) is 4.79 Å². The van der Waals surface area contributed by atoms with Crippen molar-refractivity contribution in [2.24, 2.45) is 0 Å². The molecule has 21 heavy (non-hydrogen) atoms. The minimum atomic E-state index is -1.15. The van der Waals surface area contributed by atoms with Crippen LogP contribution in [0.25, 0.3) is 0 Å². The number of nitrogens with one attached hydrogen (secondary N) is 2. The van der Waals surface area contributed by atoms with Crippen molar-refractivity contribution in [3.8, 4) is 0 Å². The number of aromatic carboxylic acids is 1. The number of amides is 2. The number of rotatable bonds is 7. The van der Waals surface area contributed by atoms with Crippen molar-refractivity contribution in [1.29, 1.82) is 0 Å². The van der Waals surface area contributed by atoms with Crippen LogP contribution in [-0.4, -0.2) is 40.5 Å². The third-order valence-electron chi connectivity index (χ3n) is 2.90. The average Bonchev–Trinajstić information content (AvgIpc) is 2.46. The number of carbonyl (C=O) groups is 3. The van der Waals surface area contributed by atoms with Gasteiger partial charge in [0.15, 0.2) is 0 Å². The Balaban J connectivity index is 2.40. The van der Waals surface area contributed by atoms with Crippen molar-refractivity contribution < 1.29 is 19.5 Å². The monoisotopic (exact) mass is 293 g/mol. The van der Waals surface area contributed by atoms with Gasteiger partial charge in [0, 0.05) is 25.2 Å². The Kier molecular flexibility index (Phi) is 6.32. The lowest BCUT2D eigenvalue weighted by atomic mass is 10.2. The van der Waals surface area contributed by atoms with Gasteiger partial charge in [-0.15, -0.1) is 0 Å². The van der Waals surface area contributed by atoms with Crippen molar-refractivity contribution in [3.05, 3.63) is 29.6 Å². The second kappa shape index (κ2) is 7.98. The molecule has 0 saturated heterocycles. The number of carboxylic acid groups (broad SMARTS) is 1. The van der Waals surface area contributed by atoms with E-state index in [1.807, 2.05) is 13.8 Å². The Morgan fingerprint density at radius 1 is 1.33 bits per heavy atom. The van der Waals surface area contributed by atoms with Crippen LogP contribution in [0.4, 0.5) is 0 Å². The first-order chi connectivity index (χ1) is 9.93. The molecular formula is C14H19N3O4. The van der Waals surface area contributed by atoms with Crippen LogP contribution >= 0.6 is 0 Å². The van der Waals surface area contributed by atoms with E-state index in [4.69, 9.17) is 5.11 Å². The van der Waals surface area contributed by atoms with Crippen LogP contribution in [0.5, 0.6) is 0 Å². The predicted molar refractivity (Wildman–Crippen MR) is 76.0 cm³/mol. The predicted octanol–water partition coefficient (Wildman–Crippen LogP) is 0.814. The van der Waals surface area contributed by atoms with E-state index in [2.05, 4.69) is 15.6 Å². The first-order valence-corrected chi connectivity index (χ1v) is 6.71. The van der Waals surface area contributed by atoms with E-state index in [9.17, 15) is 14.4 Å². The van der Waals surface area contributed by atoms with Crippen LogP contribution in [0.1, 0.15) is 47.5 Å². The van der Waals surface area contributed by atoms with Crippen LogP contribution < -0.4 is 10.6 Å². The third-order valence-corrected chi connectivity index (χ3v) is 2.90. The lowest BCUT2D eigenvalue weighted by Crippen LogP contribution is -2.35. The van der Waals surface area contributed by atoms with Gasteiger partial charge in [-0.25, -0.2) is 9.78 Å². The molecule has 0 aromatic carbocycles. The molecule has 7 nitrogen and oxygen atoms in total. The molecule has 0 aliphatic rings. The molecule has 1 aromatic rings. The molecule has 114 valence electrons. The minimum absolute atomic E-state index is 0.112. The highest BCUT2D eigenvalue weighted by Gasteiger charge is 2.10. The maximum Gasteiger partial charge on any atom is 0.354 e. The lowest BCUT2D eigenvalue weighted by Gasteiger charge is -2.11. The Bertz CT molecular complexity index is 513. The van der Waals surface area contributed by atoms with Crippen LogP contribution in [0.2, 0.25) is 0 Å². The van der Waals surface area contributed by atoms with Gasteiger partial charge in [0.1, 0.15) is 5.69 Å². The van der Waals surface area contributed by atoms with E-state index in [1.54, 1.807) is 0 Å². The topological polar surface area (TPSA) is 108 Å². The molecule has 1 aromatic heterocycles. The molecule has 0 fully saturated rings. The fourth-order valence-electron chi connectivity index (χ4n) is 1.50. The molecule has 7 heteroatoms. The Labute approximate surface area is 122 Å². The second-order valence-corrected chi connectivity index (χ2v) is 4.62. The first-order valence-electron chi connectivity index (χ1n) is 6.71. The van der Waals surface area contributed by atoms with Crippen molar-refractivity contribution in [1.82, 2.24) is 15.6 Å². The Morgan fingerprint density at radius 2 is 2.05 bits per heavy atom. The van der Waals surface area contributed by atoms with Gasteiger partial charge < -0.3 is 15.7 Å². The van der Waals surface area contributed by atoms with E-state index >= 15 is 0 Å². The highest BCUT2D eigenvalue weighted by atomic mass is 16.4. The van der Waals surface area contributed by atoms with Crippen molar-refractivity contribution >= 4 is 17.8 Å². The molecule has 1 unspecified atom stereocenters. The van der Waals surface area contributed by atoms with E-state index < -0.39 is 11.9 Å². The van der Waals surface area contributed by atoms with Crippen LogP contribution in [0, 0.1) is 0 Å². The number of pyridine rings is 1. The van der Waals surface area contributed by atoms with Crippen LogP contribution in [0.3, 0.4) is 0 Å². The molecular weight excluding hydrogens is 274 g/mol. The molecule has 0 spiro atoms. The normalized spacial score (nSPS) is 11.5. The molecule has 0 aliphatic heterocycles. The van der Waals surface area contributed by atoms with Gasteiger partial charge in [-0.3, -0.25) is 9.59 Å². The first kappa shape index (κ1) is 16.6. The van der Waals surface area contributed by atoms with Gasteiger partial charge in [-0.05, 0) is 25.5 Å². The van der Waals surface area contributed by atoms with Crippen molar-refractivity contribution in [2.45, 2.75) is 32.7 Å². The van der Waals surface area contributed by atoms with Gasteiger partial charge in [-0.2, -0.15) is 0 Å². The Morgan fingerprint density at radius 3 is 2.57 bits per heavy atom. The minimum Gasteiger partial charge on any atom is -0.477 e. The molecule has 2 amide bonds. The molecule has 0 aliphatic carbocycles. The molecule has 1 heterocycles. The van der Waals surface area contributed by atoms with Crippen molar-refractivity contribution in [2.75, 3.05) is 6.54 Å². The standard InChI is InChI=1S/C14H19N3O4/c1-3-9(2)17-12(18)6-7-15-13(19)10-4-5-11(14(20)21)16-8-10/h4-5,8-9H,3,6-7H2,1-2H3,(H,15,19)(H,17,18)(H,20,21). The number of aromatic nitrogens is 1. The molecule has 0 radical (unpaired) electrons. The zero-order chi connectivity index (χ0) is 15.8. The maximum atomic E-state index is 11.8. The molecule has 1 atom stereocenters. The number of hydrogen-bond acceptors (Lipinski definition) is 4. The summed E-state index contributed by atoms with van der Waals surface area (Å²) in [6.07, 6.45) is 2.23. The molecule has 1 rings (SSSR count). The Hall–Kier alpha value is -2.44. The number of nitrogens with zero attached hydrogens (tertiary/aromatic N) is 1. The highest BCUT2D eigenvalue weighted by molar-refractivity contribution is 5.95. The fourth-order valence-corrected chi connectivity index (χ4v) is 1.50. The van der Waals surface area contributed by atoms with E-state index in [0.29, 0.717) is 0 Å². The number of carboxylic acids is 1. The van der Waals surface area contributed by atoms with Gasteiger partial charge in [0.25, 0.3) is 5.91 Å². The average molecular weight is 293 g/mol. The quantitative estimate of drug-likeness (QED) is 0.689. The summed E-state index contributed by atoms with van der Waals surface area (Å²) in [4.78, 5) is 37.6. The number of hydrogen-bond donors (Lipinski definition) is 3. The van der Waals surface area contributed by atoms with E-state index in [1.165, 1.54) is 18.3 Å². The van der Waals surface area contributed by atoms with Gasteiger partial charge in [0.05, 0.1) is 5.56 Å². The summed E-state index contributed by atoms with van der Waals surface area (Å²) in [5.41, 5.74) is 0.127. The third kappa shape index (κ3) is 5.60. The summed E-state index contributed by atoms with van der Waals surface area (Å²) in [6, 6.07) is 2.75. The largest absolute Gasteiger partial charge is 0.477 e. The lowest BCUT2D eigenvalue weighted by molar-refractivity contribution is -0.121. The second-order valence-electron chi connectivity index (χ2n) is 4.62. The highest BCUT2D eigenvalue weighted by Crippen LogP contribution is 2.00. The summed E-state index contributed by atoms with van der Waals surface area (Å²) in [5.74, 6) is -1.66. The van der Waals surface area contributed by atoms with Gasteiger partial charge >= 0.3 is 5.97 Å². The number of carbonyl (C=O) groups excluding carboxylic acids is 2. The summed E-state index contributed by atoms with van der Waals surface area (Å²) in [7, 11) is 0. The van der Waals surface area contributed by atoms with Gasteiger partial charge in [-0.1, -0.05) is 6.92 Å². The smallest absolute Gasteiger partial charge is 0.354 e. The summed E-state index contributed by atoms with van der Waals surface area (Å²) < 4.78 is 0. The zero-order valence-corrected chi connectivity index (χ0v) is 12.0. The fraction of sp³-hybridized carbons (Fsp3) is 0.429. The van der Waals surface area contributed by atoms with Gasteiger partial charge in [0.2, 0.25) is 5.91 Å². The zero-order valence-electron chi connectivity index (χ0n) is 12.0. The SMILES string of the molecule is CCC(C)NC(=O)CCNC(=O)c1ccc(C(=O)O)nc1. The van der Waals surface area contributed by atoms with Crippen molar-refractivity contribution in [3.63, 3.8) is 0 Å². The molecule has 0 bridgehead atoms. The molecule has 3 N–H and O–H groups in total. The van der Waals surface area contributed by atoms with Crippen LogP contribution in [0.15, 0.2) is 18.3 Å². The summed E-state index contributed by atoms with van der Waals surface area (Å²) >= 11 is 0. The maximum absolute atomic E-state index is 11.8. The van der Waals surface area contributed by atoms with E-state index in [0.717, 1.165) is 6.42 Å². The van der Waals surface area contributed by atoms with E-state index in [-0.39, 0.29) is 36.2 Å². The summed E-state index contributed by atoms with van der Waals surface area (Å²) in [5, 5.41) is 14.1.